The highest BCUT2D eigenvalue weighted by molar-refractivity contribution is 5.96. The molecule has 0 saturated heterocycles. The zero-order valence-electron chi connectivity index (χ0n) is 11.8. The Morgan fingerprint density at radius 2 is 2.05 bits per heavy atom. The topological polar surface area (TPSA) is 87.5 Å². The highest BCUT2D eigenvalue weighted by Gasteiger charge is 2.23. The number of anilines is 2. The van der Waals surface area contributed by atoms with Crippen molar-refractivity contribution in [1.29, 1.82) is 0 Å². The van der Waals surface area contributed by atoms with E-state index < -0.39 is 0 Å². The first kappa shape index (κ1) is 14.2. The number of nitrogens with zero attached hydrogens (tertiary/aromatic N) is 1. The lowest BCUT2D eigenvalue weighted by Crippen LogP contribution is -2.31. The van der Waals surface area contributed by atoms with Gasteiger partial charge in [-0.2, -0.15) is 0 Å². The summed E-state index contributed by atoms with van der Waals surface area (Å²) in [5.74, 6) is -0.160. The van der Waals surface area contributed by atoms with Gasteiger partial charge in [-0.25, -0.2) is 0 Å². The molecule has 1 aliphatic rings. The van der Waals surface area contributed by atoms with Crippen molar-refractivity contribution in [1.82, 2.24) is 10.2 Å². The maximum Gasteiger partial charge on any atom is 0.253 e. The van der Waals surface area contributed by atoms with Crippen molar-refractivity contribution in [2.24, 2.45) is 0 Å². The molecule has 1 saturated carbocycles. The van der Waals surface area contributed by atoms with Gasteiger partial charge in [-0.3, -0.25) is 9.59 Å². The van der Waals surface area contributed by atoms with Crippen molar-refractivity contribution in [3.63, 3.8) is 0 Å². The lowest BCUT2D eigenvalue weighted by molar-refractivity contribution is -0.119. The molecule has 2 amide bonds. The summed E-state index contributed by atoms with van der Waals surface area (Å²) < 4.78 is 0. The number of nitrogen functional groups attached to an aromatic ring is 1. The van der Waals surface area contributed by atoms with Gasteiger partial charge < -0.3 is 21.3 Å². The van der Waals surface area contributed by atoms with Crippen LogP contribution in [0.15, 0.2) is 18.2 Å². The first-order chi connectivity index (χ1) is 9.47. The lowest BCUT2D eigenvalue weighted by atomic mass is 10.1. The summed E-state index contributed by atoms with van der Waals surface area (Å²) in [7, 11) is 3.38. The van der Waals surface area contributed by atoms with Crippen LogP contribution in [0.4, 0.5) is 11.4 Å². The number of rotatable bonds is 5. The summed E-state index contributed by atoms with van der Waals surface area (Å²) in [5, 5.41) is 5.85. The minimum Gasteiger partial charge on any atom is -0.397 e. The monoisotopic (exact) mass is 276 g/mol. The summed E-state index contributed by atoms with van der Waals surface area (Å²) in [6.45, 7) is 0.153. The van der Waals surface area contributed by atoms with Crippen molar-refractivity contribution in [2.75, 3.05) is 31.7 Å². The van der Waals surface area contributed by atoms with Crippen molar-refractivity contribution in [3.8, 4) is 0 Å². The minimum atomic E-state index is -0.101. The molecule has 0 spiro atoms. The Morgan fingerprint density at radius 1 is 1.35 bits per heavy atom. The van der Waals surface area contributed by atoms with Gasteiger partial charge in [0.25, 0.3) is 5.91 Å². The molecule has 108 valence electrons. The van der Waals surface area contributed by atoms with E-state index in [2.05, 4.69) is 10.6 Å². The van der Waals surface area contributed by atoms with E-state index in [-0.39, 0.29) is 18.4 Å². The summed E-state index contributed by atoms with van der Waals surface area (Å²) in [6, 6.07) is 5.34. The predicted octanol–water partition coefficient (Wildman–Crippen LogP) is 0.661. The zero-order valence-corrected chi connectivity index (χ0v) is 11.8. The number of benzene rings is 1. The number of amides is 2. The summed E-state index contributed by atoms with van der Waals surface area (Å²) >= 11 is 0. The lowest BCUT2D eigenvalue weighted by Gasteiger charge is -2.14. The fraction of sp³-hybridized carbons (Fsp3) is 0.429. The largest absolute Gasteiger partial charge is 0.397 e. The standard InChI is InChI=1S/C14H20N4O2/c1-18(2)14(20)9-3-6-11(15)12(7-9)16-8-13(19)17-10-4-5-10/h3,6-7,10,16H,4-5,8,15H2,1-2H3,(H,17,19). The van der Waals surface area contributed by atoms with Crippen LogP contribution in [0.3, 0.4) is 0 Å². The average Bonchev–Trinajstić information content (AvgIpc) is 3.20. The molecular weight excluding hydrogens is 256 g/mol. The number of hydrogen-bond donors (Lipinski definition) is 3. The Bertz CT molecular complexity index is 524. The number of hydrogen-bond acceptors (Lipinski definition) is 4. The molecule has 0 radical (unpaired) electrons. The average molecular weight is 276 g/mol. The van der Waals surface area contributed by atoms with Crippen LogP contribution in [0.1, 0.15) is 23.2 Å². The van der Waals surface area contributed by atoms with Gasteiger partial charge in [0.2, 0.25) is 5.91 Å². The van der Waals surface area contributed by atoms with Crippen LogP contribution in [0, 0.1) is 0 Å². The highest BCUT2D eigenvalue weighted by atomic mass is 16.2. The maximum atomic E-state index is 11.9. The Morgan fingerprint density at radius 3 is 2.65 bits per heavy atom. The zero-order chi connectivity index (χ0) is 14.7. The number of carbonyl (C=O) groups excluding carboxylic acids is 2. The van der Waals surface area contributed by atoms with E-state index in [1.165, 1.54) is 4.90 Å². The van der Waals surface area contributed by atoms with Gasteiger partial charge in [-0.15, -0.1) is 0 Å². The van der Waals surface area contributed by atoms with Crippen LogP contribution in [-0.4, -0.2) is 43.4 Å². The third-order valence-corrected chi connectivity index (χ3v) is 3.09. The van der Waals surface area contributed by atoms with E-state index in [4.69, 9.17) is 5.73 Å². The number of carbonyl (C=O) groups is 2. The van der Waals surface area contributed by atoms with E-state index >= 15 is 0 Å². The second-order valence-corrected chi connectivity index (χ2v) is 5.20. The SMILES string of the molecule is CN(C)C(=O)c1ccc(N)c(NCC(=O)NC2CC2)c1. The third kappa shape index (κ3) is 3.63. The molecular formula is C14H20N4O2. The van der Waals surface area contributed by atoms with Crippen molar-refractivity contribution in [2.45, 2.75) is 18.9 Å². The van der Waals surface area contributed by atoms with E-state index in [1.807, 2.05) is 0 Å². The van der Waals surface area contributed by atoms with E-state index in [0.29, 0.717) is 23.0 Å². The fourth-order valence-corrected chi connectivity index (χ4v) is 1.78. The van der Waals surface area contributed by atoms with E-state index in [1.54, 1.807) is 32.3 Å². The van der Waals surface area contributed by atoms with E-state index in [0.717, 1.165) is 12.8 Å². The Hall–Kier alpha value is -2.24. The molecule has 4 N–H and O–H groups in total. The first-order valence-corrected chi connectivity index (χ1v) is 6.62. The quantitative estimate of drug-likeness (QED) is 0.689. The normalized spacial score (nSPS) is 13.7. The molecule has 0 aliphatic heterocycles. The van der Waals surface area contributed by atoms with Gasteiger partial charge >= 0.3 is 0 Å². The van der Waals surface area contributed by atoms with Crippen molar-refractivity contribution in [3.05, 3.63) is 23.8 Å². The molecule has 6 heteroatoms. The van der Waals surface area contributed by atoms with Crippen LogP contribution in [-0.2, 0) is 4.79 Å². The molecule has 1 fully saturated rings. The van der Waals surface area contributed by atoms with Gasteiger partial charge in [0.15, 0.2) is 0 Å². The fourth-order valence-electron chi connectivity index (χ4n) is 1.78. The van der Waals surface area contributed by atoms with Gasteiger partial charge in [0, 0.05) is 25.7 Å². The number of nitrogens with one attached hydrogen (secondary N) is 2. The van der Waals surface area contributed by atoms with Gasteiger partial charge in [0.05, 0.1) is 17.9 Å². The van der Waals surface area contributed by atoms with Crippen LogP contribution in [0.5, 0.6) is 0 Å². The Labute approximate surface area is 118 Å². The molecule has 20 heavy (non-hydrogen) atoms. The van der Waals surface area contributed by atoms with Crippen LogP contribution in [0.25, 0.3) is 0 Å². The first-order valence-electron chi connectivity index (χ1n) is 6.62. The molecule has 6 nitrogen and oxygen atoms in total. The minimum absolute atomic E-state index is 0.0590. The summed E-state index contributed by atoms with van der Waals surface area (Å²) in [4.78, 5) is 25.0. The molecule has 0 aromatic heterocycles. The second-order valence-electron chi connectivity index (χ2n) is 5.20. The molecule has 0 bridgehead atoms. The van der Waals surface area contributed by atoms with Crippen molar-refractivity contribution < 1.29 is 9.59 Å². The Kier molecular flexibility index (Phi) is 4.12. The van der Waals surface area contributed by atoms with Gasteiger partial charge in [-0.1, -0.05) is 0 Å². The molecule has 0 heterocycles. The summed E-state index contributed by atoms with van der Waals surface area (Å²) in [6.07, 6.45) is 2.11. The molecule has 2 rings (SSSR count). The summed E-state index contributed by atoms with van der Waals surface area (Å²) in [5.41, 5.74) is 7.50. The van der Waals surface area contributed by atoms with Gasteiger partial charge in [0.1, 0.15) is 0 Å². The van der Waals surface area contributed by atoms with E-state index in [9.17, 15) is 9.59 Å². The Balaban J connectivity index is 2.00. The van der Waals surface area contributed by atoms with Gasteiger partial charge in [-0.05, 0) is 31.0 Å². The third-order valence-electron chi connectivity index (χ3n) is 3.09. The molecule has 1 aromatic carbocycles. The smallest absolute Gasteiger partial charge is 0.253 e. The highest BCUT2D eigenvalue weighted by Crippen LogP contribution is 2.21. The molecule has 0 unspecified atom stereocenters. The number of nitrogens with two attached hydrogens (primary N) is 1. The van der Waals surface area contributed by atoms with Crippen LogP contribution >= 0.6 is 0 Å². The van der Waals surface area contributed by atoms with Crippen molar-refractivity contribution >= 4 is 23.2 Å². The van der Waals surface area contributed by atoms with Crippen LogP contribution in [0.2, 0.25) is 0 Å². The predicted molar refractivity (Wildman–Crippen MR) is 78.5 cm³/mol. The second kappa shape index (κ2) is 5.81. The molecule has 0 atom stereocenters. The van der Waals surface area contributed by atoms with Crippen LogP contribution < -0.4 is 16.4 Å². The molecule has 1 aliphatic carbocycles. The maximum absolute atomic E-state index is 11.9. The molecule has 1 aromatic rings.